The van der Waals surface area contributed by atoms with Crippen molar-refractivity contribution in [2.75, 3.05) is 39.3 Å². The Morgan fingerprint density at radius 3 is 2.54 bits per heavy atom. The second-order valence-electron chi connectivity index (χ2n) is 6.47. The van der Waals surface area contributed by atoms with E-state index in [2.05, 4.69) is 4.90 Å². The maximum absolute atomic E-state index is 12.5. The predicted molar refractivity (Wildman–Crippen MR) is 98.0 cm³/mol. The van der Waals surface area contributed by atoms with Crippen LogP contribution in [-0.4, -0.2) is 60.1 Å². The van der Waals surface area contributed by atoms with Gasteiger partial charge in [0, 0.05) is 32.7 Å². The van der Waals surface area contributed by atoms with E-state index in [-0.39, 0.29) is 5.91 Å². The molecule has 1 aromatic heterocycles. The number of rotatable bonds is 7. The van der Waals surface area contributed by atoms with Crippen LogP contribution >= 0.6 is 0 Å². The molecule has 0 radical (unpaired) electrons. The van der Waals surface area contributed by atoms with Crippen LogP contribution in [0.15, 0.2) is 47.1 Å². The lowest BCUT2D eigenvalue weighted by Crippen LogP contribution is -2.50. The molecule has 1 saturated heterocycles. The molecule has 6 nitrogen and oxygen atoms in total. The first-order valence-electron chi connectivity index (χ1n) is 9.09. The Morgan fingerprint density at radius 1 is 1.19 bits per heavy atom. The maximum Gasteiger partial charge on any atom is 0.227 e. The molecule has 0 aliphatic carbocycles. The Hall–Kier alpha value is -2.31. The van der Waals surface area contributed by atoms with E-state index in [9.17, 15) is 9.90 Å². The minimum atomic E-state index is -0.629. The number of aliphatic hydroxyl groups is 1. The summed E-state index contributed by atoms with van der Waals surface area (Å²) < 4.78 is 10.7. The van der Waals surface area contributed by atoms with Crippen molar-refractivity contribution < 1.29 is 19.1 Å². The number of piperazine rings is 1. The number of hydrogen-bond donors (Lipinski definition) is 1. The molecule has 6 heteroatoms. The number of ether oxygens (including phenoxy) is 1. The summed E-state index contributed by atoms with van der Waals surface area (Å²) in [6.45, 7) is 5.98. The molecule has 1 atom stereocenters. The van der Waals surface area contributed by atoms with Gasteiger partial charge in [0.15, 0.2) is 0 Å². The Bertz CT molecular complexity index is 676. The second-order valence-corrected chi connectivity index (χ2v) is 6.47. The first-order valence-corrected chi connectivity index (χ1v) is 9.09. The molecule has 1 fully saturated rings. The van der Waals surface area contributed by atoms with Crippen LogP contribution in [0.1, 0.15) is 24.4 Å². The molecule has 3 rings (SSSR count). The van der Waals surface area contributed by atoms with Gasteiger partial charge in [0.1, 0.15) is 17.6 Å². The summed E-state index contributed by atoms with van der Waals surface area (Å²) in [6.07, 6.45) is 1.34. The molecular formula is C20H26N2O4. The fourth-order valence-electron chi connectivity index (χ4n) is 3.15. The second kappa shape index (κ2) is 8.87. The number of furan rings is 1. The molecule has 1 aromatic carbocycles. The molecule has 26 heavy (non-hydrogen) atoms. The molecule has 0 bridgehead atoms. The largest absolute Gasteiger partial charge is 0.494 e. The molecule has 2 aromatic rings. The summed E-state index contributed by atoms with van der Waals surface area (Å²) in [7, 11) is 0. The van der Waals surface area contributed by atoms with Crippen molar-refractivity contribution in [2.24, 2.45) is 0 Å². The summed E-state index contributed by atoms with van der Waals surface area (Å²) >= 11 is 0. The molecule has 0 unspecified atom stereocenters. The lowest BCUT2D eigenvalue weighted by atomic mass is 10.1. The highest BCUT2D eigenvalue weighted by Gasteiger charge is 2.23. The fourth-order valence-corrected chi connectivity index (χ4v) is 3.15. The van der Waals surface area contributed by atoms with Gasteiger partial charge in [-0.15, -0.1) is 0 Å². The third-order valence-corrected chi connectivity index (χ3v) is 4.62. The van der Waals surface area contributed by atoms with Gasteiger partial charge in [-0.25, -0.2) is 0 Å². The van der Waals surface area contributed by atoms with Crippen molar-refractivity contribution in [3.63, 3.8) is 0 Å². The number of benzene rings is 1. The smallest absolute Gasteiger partial charge is 0.227 e. The summed E-state index contributed by atoms with van der Waals surface area (Å²) in [4.78, 5) is 16.6. The van der Waals surface area contributed by atoms with Crippen molar-refractivity contribution in [3.8, 4) is 5.75 Å². The van der Waals surface area contributed by atoms with E-state index in [4.69, 9.17) is 9.15 Å². The van der Waals surface area contributed by atoms with E-state index in [1.54, 1.807) is 18.4 Å². The number of nitrogens with zero attached hydrogens (tertiary/aromatic N) is 2. The van der Waals surface area contributed by atoms with Gasteiger partial charge in [-0.2, -0.15) is 0 Å². The van der Waals surface area contributed by atoms with Gasteiger partial charge >= 0.3 is 0 Å². The summed E-state index contributed by atoms with van der Waals surface area (Å²) in [6, 6.07) is 11.2. The molecule has 140 valence electrons. The van der Waals surface area contributed by atoms with Crippen LogP contribution < -0.4 is 4.74 Å². The normalized spacial score (nSPS) is 16.5. The minimum Gasteiger partial charge on any atom is -0.494 e. The van der Waals surface area contributed by atoms with Gasteiger partial charge in [0.2, 0.25) is 5.91 Å². The topological polar surface area (TPSA) is 66.2 Å². The third-order valence-electron chi connectivity index (χ3n) is 4.62. The van der Waals surface area contributed by atoms with Crippen LogP contribution in [-0.2, 0) is 11.2 Å². The highest BCUT2D eigenvalue weighted by Crippen LogP contribution is 2.17. The van der Waals surface area contributed by atoms with Gasteiger partial charge in [-0.3, -0.25) is 9.69 Å². The Labute approximate surface area is 154 Å². The van der Waals surface area contributed by atoms with E-state index in [1.165, 1.54) is 0 Å². The van der Waals surface area contributed by atoms with Crippen LogP contribution in [0.4, 0.5) is 0 Å². The third kappa shape index (κ3) is 4.86. The quantitative estimate of drug-likeness (QED) is 0.821. The van der Waals surface area contributed by atoms with Gasteiger partial charge in [-0.1, -0.05) is 12.1 Å². The number of hydrogen-bond acceptors (Lipinski definition) is 5. The summed E-state index contributed by atoms with van der Waals surface area (Å²) in [5.74, 6) is 1.55. The fraction of sp³-hybridized carbons (Fsp3) is 0.450. The minimum absolute atomic E-state index is 0.139. The van der Waals surface area contributed by atoms with E-state index >= 15 is 0 Å². The van der Waals surface area contributed by atoms with Gasteiger partial charge in [0.05, 0.1) is 19.3 Å². The monoisotopic (exact) mass is 358 g/mol. The molecule has 0 spiro atoms. The Balaban J connectivity index is 1.44. The average molecular weight is 358 g/mol. The average Bonchev–Trinajstić information content (AvgIpc) is 3.19. The zero-order chi connectivity index (χ0) is 18.4. The van der Waals surface area contributed by atoms with Crippen LogP contribution in [0.2, 0.25) is 0 Å². The van der Waals surface area contributed by atoms with E-state index in [0.29, 0.717) is 38.4 Å². The van der Waals surface area contributed by atoms with Crippen molar-refractivity contribution in [2.45, 2.75) is 19.4 Å². The number of β-amino-alcohol motifs (C(OH)–C–C–N with tert-alkyl or cyclic N) is 1. The first kappa shape index (κ1) is 18.5. The van der Waals surface area contributed by atoms with E-state index in [1.807, 2.05) is 36.1 Å². The molecular weight excluding hydrogens is 332 g/mol. The van der Waals surface area contributed by atoms with Gasteiger partial charge < -0.3 is 19.2 Å². The summed E-state index contributed by atoms with van der Waals surface area (Å²) in [5.41, 5.74) is 0.995. The molecule has 0 saturated carbocycles. The molecule has 2 heterocycles. The zero-order valence-corrected chi connectivity index (χ0v) is 15.1. The van der Waals surface area contributed by atoms with Gasteiger partial charge in [0.25, 0.3) is 0 Å². The molecule has 1 aliphatic heterocycles. The molecule has 1 N–H and O–H groups in total. The molecule has 1 aliphatic rings. The maximum atomic E-state index is 12.5. The molecule has 1 amide bonds. The zero-order valence-electron chi connectivity index (χ0n) is 15.1. The number of carbonyl (C=O) groups excluding carboxylic acids is 1. The lowest BCUT2D eigenvalue weighted by molar-refractivity contribution is -0.132. The standard InChI is InChI=1S/C20H26N2O4/c1-2-25-17-7-5-16(6-8-17)14-20(24)22-11-9-21(10-12-22)15-18(23)19-4-3-13-26-19/h3-8,13,18,23H,2,9-12,14-15H2,1H3/t18-/m0/s1. The highest BCUT2D eigenvalue weighted by atomic mass is 16.5. The van der Waals surface area contributed by atoms with Crippen LogP contribution in [0, 0.1) is 0 Å². The predicted octanol–water partition coefficient (Wildman–Crippen LogP) is 2.10. The Kier molecular flexibility index (Phi) is 6.30. The van der Waals surface area contributed by atoms with E-state index < -0.39 is 6.10 Å². The number of amides is 1. The summed E-state index contributed by atoms with van der Waals surface area (Å²) in [5, 5.41) is 10.2. The SMILES string of the molecule is CCOc1ccc(CC(=O)N2CCN(C[C@H](O)c3ccco3)CC2)cc1. The van der Waals surface area contributed by atoms with Crippen LogP contribution in [0.3, 0.4) is 0 Å². The van der Waals surface area contributed by atoms with Crippen molar-refractivity contribution in [1.29, 1.82) is 0 Å². The highest BCUT2D eigenvalue weighted by molar-refractivity contribution is 5.78. The number of aliphatic hydroxyl groups excluding tert-OH is 1. The lowest BCUT2D eigenvalue weighted by Gasteiger charge is -2.35. The number of carbonyl (C=O) groups is 1. The van der Waals surface area contributed by atoms with Crippen molar-refractivity contribution in [1.82, 2.24) is 9.80 Å². The van der Waals surface area contributed by atoms with Crippen molar-refractivity contribution >= 4 is 5.91 Å². The van der Waals surface area contributed by atoms with Gasteiger partial charge in [-0.05, 0) is 36.8 Å². The van der Waals surface area contributed by atoms with Crippen molar-refractivity contribution in [3.05, 3.63) is 54.0 Å². The van der Waals surface area contributed by atoms with Crippen LogP contribution in [0.25, 0.3) is 0 Å². The van der Waals surface area contributed by atoms with E-state index in [0.717, 1.165) is 24.4 Å². The van der Waals surface area contributed by atoms with Crippen LogP contribution in [0.5, 0.6) is 5.75 Å². The first-order chi connectivity index (χ1) is 12.7. The Morgan fingerprint density at radius 2 is 1.92 bits per heavy atom.